The summed E-state index contributed by atoms with van der Waals surface area (Å²) in [5.41, 5.74) is 3.41. The Morgan fingerprint density at radius 2 is 2.09 bits per heavy atom. The van der Waals surface area contributed by atoms with Gasteiger partial charge in [-0.3, -0.25) is 9.48 Å². The van der Waals surface area contributed by atoms with Gasteiger partial charge in [0.05, 0.1) is 11.3 Å². The normalized spacial score (nSPS) is 10.1. The van der Waals surface area contributed by atoms with Crippen LogP contribution in [0.1, 0.15) is 35.5 Å². The summed E-state index contributed by atoms with van der Waals surface area (Å²) in [4.78, 5) is 12.4. The average molecular weight is 323 g/mol. The van der Waals surface area contributed by atoms with E-state index in [2.05, 4.69) is 22.7 Å². The maximum Gasteiger partial charge on any atom is 0.259 e. The highest BCUT2D eigenvalue weighted by Gasteiger charge is 2.14. The lowest BCUT2D eigenvalue weighted by Crippen LogP contribution is -2.14. The van der Waals surface area contributed by atoms with Crippen LogP contribution in [0.2, 0.25) is 0 Å². The van der Waals surface area contributed by atoms with E-state index in [1.807, 2.05) is 38.2 Å². The number of aryl methyl sites for hydroxylation is 2. The third-order valence-corrected chi connectivity index (χ3v) is 3.25. The molecular formula is C16H23ClN4O. The standard InChI is InChI=1S/C16H22N4O.ClH/c1-4-15-14(11-20(3)19-15)16(21)18-13-8-6-7-12(9-13)10-17-5-2;/h6-9,11,17H,4-5,10H2,1-3H3,(H,18,21);1H. The Morgan fingerprint density at radius 1 is 1.32 bits per heavy atom. The molecule has 0 spiro atoms. The number of anilines is 1. The van der Waals surface area contributed by atoms with Gasteiger partial charge in [0.1, 0.15) is 0 Å². The Kier molecular flexibility index (Phi) is 7.08. The number of hydrogen-bond donors (Lipinski definition) is 2. The molecule has 0 aliphatic carbocycles. The fraction of sp³-hybridized carbons (Fsp3) is 0.375. The lowest BCUT2D eigenvalue weighted by Gasteiger charge is -2.07. The van der Waals surface area contributed by atoms with Crippen LogP contribution in [0.3, 0.4) is 0 Å². The van der Waals surface area contributed by atoms with Crippen LogP contribution >= 0.6 is 12.4 Å². The summed E-state index contributed by atoms with van der Waals surface area (Å²) in [6.45, 7) is 5.79. The van der Waals surface area contributed by atoms with E-state index in [4.69, 9.17) is 0 Å². The molecule has 0 saturated carbocycles. The quantitative estimate of drug-likeness (QED) is 0.859. The van der Waals surface area contributed by atoms with Crippen LogP contribution < -0.4 is 10.6 Å². The van der Waals surface area contributed by atoms with Crippen molar-refractivity contribution >= 4 is 24.0 Å². The summed E-state index contributed by atoms with van der Waals surface area (Å²) < 4.78 is 1.68. The van der Waals surface area contributed by atoms with Crippen LogP contribution in [-0.2, 0) is 20.0 Å². The SMILES string of the molecule is CCNCc1cccc(NC(=O)c2cn(C)nc2CC)c1.Cl. The topological polar surface area (TPSA) is 58.9 Å². The second kappa shape index (κ2) is 8.56. The Balaban J connectivity index is 0.00000242. The Morgan fingerprint density at radius 3 is 2.77 bits per heavy atom. The average Bonchev–Trinajstić information content (AvgIpc) is 2.87. The smallest absolute Gasteiger partial charge is 0.259 e. The van der Waals surface area contributed by atoms with Crippen molar-refractivity contribution < 1.29 is 4.79 Å². The molecule has 2 aromatic rings. The molecule has 5 nitrogen and oxygen atoms in total. The molecule has 1 aromatic heterocycles. The first-order valence-electron chi connectivity index (χ1n) is 7.27. The minimum Gasteiger partial charge on any atom is -0.322 e. The van der Waals surface area contributed by atoms with Crippen molar-refractivity contribution in [2.75, 3.05) is 11.9 Å². The second-order valence-corrected chi connectivity index (χ2v) is 4.95. The number of nitrogens with zero attached hydrogens (tertiary/aromatic N) is 2. The van der Waals surface area contributed by atoms with Crippen molar-refractivity contribution in [2.45, 2.75) is 26.8 Å². The number of hydrogen-bond acceptors (Lipinski definition) is 3. The van der Waals surface area contributed by atoms with E-state index in [0.717, 1.165) is 36.5 Å². The number of halogens is 1. The Bertz CT molecular complexity index is 624. The monoisotopic (exact) mass is 322 g/mol. The number of carbonyl (C=O) groups is 1. The molecule has 0 aliphatic rings. The molecule has 2 rings (SSSR count). The molecule has 0 bridgehead atoms. The van der Waals surface area contributed by atoms with Gasteiger partial charge < -0.3 is 10.6 Å². The Hall–Kier alpha value is -1.85. The van der Waals surface area contributed by atoms with Crippen LogP contribution in [0.5, 0.6) is 0 Å². The van der Waals surface area contributed by atoms with Crippen LogP contribution in [0.25, 0.3) is 0 Å². The van der Waals surface area contributed by atoms with Gasteiger partial charge in [-0.25, -0.2) is 0 Å². The highest BCUT2D eigenvalue weighted by molar-refractivity contribution is 6.04. The number of benzene rings is 1. The first-order valence-corrected chi connectivity index (χ1v) is 7.27. The van der Waals surface area contributed by atoms with E-state index in [-0.39, 0.29) is 18.3 Å². The van der Waals surface area contributed by atoms with Gasteiger partial charge in [-0.15, -0.1) is 12.4 Å². The molecule has 22 heavy (non-hydrogen) atoms. The van der Waals surface area contributed by atoms with Crippen molar-refractivity contribution in [1.82, 2.24) is 15.1 Å². The van der Waals surface area contributed by atoms with Crippen molar-refractivity contribution in [1.29, 1.82) is 0 Å². The Labute approximate surface area is 137 Å². The lowest BCUT2D eigenvalue weighted by molar-refractivity contribution is 0.102. The number of nitrogens with one attached hydrogen (secondary N) is 2. The van der Waals surface area contributed by atoms with Crippen molar-refractivity contribution in [3.05, 3.63) is 47.3 Å². The number of amides is 1. The molecule has 0 saturated heterocycles. The third kappa shape index (κ3) is 4.58. The third-order valence-electron chi connectivity index (χ3n) is 3.25. The molecule has 0 atom stereocenters. The molecule has 6 heteroatoms. The van der Waals surface area contributed by atoms with Gasteiger partial charge in [0, 0.05) is 25.5 Å². The highest BCUT2D eigenvalue weighted by Crippen LogP contribution is 2.14. The van der Waals surface area contributed by atoms with Crippen molar-refractivity contribution in [3.63, 3.8) is 0 Å². The molecule has 120 valence electrons. The molecule has 2 N–H and O–H groups in total. The molecule has 1 amide bonds. The maximum atomic E-state index is 12.4. The second-order valence-electron chi connectivity index (χ2n) is 4.95. The summed E-state index contributed by atoms with van der Waals surface area (Å²) >= 11 is 0. The molecule has 0 radical (unpaired) electrons. The van der Waals surface area contributed by atoms with E-state index in [0.29, 0.717) is 5.56 Å². The summed E-state index contributed by atoms with van der Waals surface area (Å²) in [7, 11) is 1.83. The fourth-order valence-corrected chi connectivity index (χ4v) is 2.21. The van der Waals surface area contributed by atoms with Crippen LogP contribution in [0, 0.1) is 0 Å². The predicted octanol–water partition coefficient (Wildman–Crippen LogP) is 2.77. The predicted molar refractivity (Wildman–Crippen MR) is 91.6 cm³/mol. The van der Waals surface area contributed by atoms with Crippen LogP contribution in [0.4, 0.5) is 5.69 Å². The van der Waals surface area contributed by atoms with Gasteiger partial charge in [0.2, 0.25) is 0 Å². The first-order chi connectivity index (χ1) is 10.1. The zero-order valence-electron chi connectivity index (χ0n) is 13.2. The van der Waals surface area contributed by atoms with Gasteiger partial charge in [-0.2, -0.15) is 5.10 Å². The van der Waals surface area contributed by atoms with Gasteiger partial charge in [0.15, 0.2) is 0 Å². The zero-order chi connectivity index (χ0) is 15.2. The van der Waals surface area contributed by atoms with Crippen LogP contribution in [-0.4, -0.2) is 22.2 Å². The largest absolute Gasteiger partial charge is 0.322 e. The molecule has 0 fully saturated rings. The maximum absolute atomic E-state index is 12.4. The fourth-order valence-electron chi connectivity index (χ4n) is 2.21. The van der Waals surface area contributed by atoms with E-state index in [1.165, 1.54) is 0 Å². The number of carbonyl (C=O) groups excluding carboxylic acids is 1. The number of rotatable bonds is 6. The minimum absolute atomic E-state index is 0. The molecule has 0 aliphatic heterocycles. The molecule has 1 aromatic carbocycles. The molecule has 1 heterocycles. The minimum atomic E-state index is -0.111. The highest BCUT2D eigenvalue weighted by atomic mass is 35.5. The number of aromatic nitrogens is 2. The molecule has 0 unspecified atom stereocenters. The van der Waals surface area contributed by atoms with Gasteiger partial charge in [-0.05, 0) is 30.7 Å². The van der Waals surface area contributed by atoms with Crippen LogP contribution in [0.15, 0.2) is 30.5 Å². The summed E-state index contributed by atoms with van der Waals surface area (Å²) in [5.74, 6) is -0.111. The zero-order valence-corrected chi connectivity index (χ0v) is 14.0. The summed E-state index contributed by atoms with van der Waals surface area (Å²) in [6.07, 6.45) is 2.50. The van der Waals surface area contributed by atoms with E-state index >= 15 is 0 Å². The molecular weight excluding hydrogens is 300 g/mol. The lowest BCUT2D eigenvalue weighted by atomic mass is 10.1. The van der Waals surface area contributed by atoms with E-state index in [1.54, 1.807) is 10.9 Å². The van der Waals surface area contributed by atoms with E-state index < -0.39 is 0 Å². The summed E-state index contributed by atoms with van der Waals surface area (Å²) in [5, 5.41) is 10.5. The van der Waals surface area contributed by atoms with Crippen molar-refractivity contribution in [3.8, 4) is 0 Å². The van der Waals surface area contributed by atoms with Gasteiger partial charge in [0.25, 0.3) is 5.91 Å². The summed E-state index contributed by atoms with van der Waals surface area (Å²) in [6, 6.07) is 7.88. The van der Waals surface area contributed by atoms with Gasteiger partial charge >= 0.3 is 0 Å². The van der Waals surface area contributed by atoms with Crippen molar-refractivity contribution in [2.24, 2.45) is 7.05 Å². The first kappa shape index (κ1) is 18.2. The van der Waals surface area contributed by atoms with Gasteiger partial charge in [-0.1, -0.05) is 26.0 Å². The van der Waals surface area contributed by atoms with E-state index in [9.17, 15) is 4.79 Å².